The van der Waals surface area contributed by atoms with Gasteiger partial charge in [0.25, 0.3) is 0 Å². The molecule has 4 rings (SSSR count). The van der Waals surface area contributed by atoms with Crippen molar-refractivity contribution in [2.24, 2.45) is 0 Å². The zero-order valence-electron chi connectivity index (χ0n) is 17.1. The highest BCUT2D eigenvalue weighted by molar-refractivity contribution is 5.31. The predicted molar refractivity (Wildman–Crippen MR) is 110 cm³/mol. The average molecular weight is 408 g/mol. The second-order valence-corrected chi connectivity index (χ2v) is 6.72. The molecule has 0 atom stereocenters. The van der Waals surface area contributed by atoms with Crippen LogP contribution < -0.4 is 14.2 Å². The van der Waals surface area contributed by atoms with Crippen LogP contribution in [-0.4, -0.2) is 21.3 Å². The molecule has 0 saturated carbocycles. The van der Waals surface area contributed by atoms with E-state index in [1.807, 2.05) is 72.8 Å². The van der Waals surface area contributed by atoms with Gasteiger partial charge in [-0.2, -0.15) is 0 Å². The Morgan fingerprint density at radius 1 is 0.433 bits per heavy atom. The Morgan fingerprint density at radius 3 is 0.867 bits per heavy atom. The van der Waals surface area contributed by atoms with E-state index in [0.717, 1.165) is 33.9 Å². The summed E-state index contributed by atoms with van der Waals surface area (Å²) in [5, 5.41) is 0. The molecule has 0 N–H and O–H groups in total. The lowest BCUT2D eigenvalue weighted by molar-refractivity contribution is -0.397. The topological polar surface area (TPSA) is 55.4 Å². The Balaban J connectivity index is 1.63. The fourth-order valence-electron chi connectivity index (χ4n) is 3.19. The molecule has 6 heteroatoms. The van der Waals surface area contributed by atoms with Gasteiger partial charge in [-0.15, -0.1) is 0 Å². The number of benzene rings is 3. The van der Waals surface area contributed by atoms with Crippen molar-refractivity contribution in [3.63, 3.8) is 0 Å². The minimum absolute atomic E-state index is 0.608. The van der Waals surface area contributed by atoms with E-state index < -0.39 is 18.9 Å². The normalized spacial score (nSPS) is 21.1. The monoisotopic (exact) mass is 408 g/mol. The van der Waals surface area contributed by atoms with Gasteiger partial charge in [-0.05, 0) is 36.4 Å². The maximum absolute atomic E-state index is 6.15. The van der Waals surface area contributed by atoms with Crippen LogP contribution in [0.1, 0.15) is 35.6 Å². The molecule has 0 unspecified atom stereocenters. The van der Waals surface area contributed by atoms with E-state index in [4.69, 9.17) is 28.4 Å². The van der Waals surface area contributed by atoms with Gasteiger partial charge in [0, 0.05) is 16.7 Å². The van der Waals surface area contributed by atoms with E-state index in [0.29, 0.717) is 0 Å². The number of rotatable bonds is 6. The molecule has 1 fully saturated rings. The van der Waals surface area contributed by atoms with Crippen LogP contribution in [0.4, 0.5) is 0 Å². The largest absolute Gasteiger partial charge is 0.497 e. The van der Waals surface area contributed by atoms with Gasteiger partial charge in [-0.3, -0.25) is 0 Å². The van der Waals surface area contributed by atoms with E-state index in [2.05, 4.69) is 0 Å². The maximum Gasteiger partial charge on any atom is 0.190 e. The number of hydrogen-bond acceptors (Lipinski definition) is 6. The van der Waals surface area contributed by atoms with Crippen molar-refractivity contribution in [2.45, 2.75) is 18.9 Å². The summed E-state index contributed by atoms with van der Waals surface area (Å²) in [6.07, 6.45) is -1.82. The van der Waals surface area contributed by atoms with Crippen molar-refractivity contribution in [2.75, 3.05) is 21.3 Å². The minimum Gasteiger partial charge on any atom is -0.497 e. The predicted octanol–water partition coefficient (Wildman–Crippen LogP) is 5.17. The molecule has 0 bridgehead atoms. The smallest absolute Gasteiger partial charge is 0.190 e. The third-order valence-corrected chi connectivity index (χ3v) is 4.91. The first-order valence-corrected chi connectivity index (χ1v) is 9.58. The van der Waals surface area contributed by atoms with Crippen molar-refractivity contribution in [3.8, 4) is 17.2 Å². The fraction of sp³-hybridized carbons (Fsp3) is 0.250. The number of ether oxygens (including phenoxy) is 6. The van der Waals surface area contributed by atoms with Crippen LogP contribution in [0.5, 0.6) is 17.2 Å². The van der Waals surface area contributed by atoms with Gasteiger partial charge >= 0.3 is 0 Å². The molecule has 0 radical (unpaired) electrons. The Bertz CT molecular complexity index is 804. The third-order valence-electron chi connectivity index (χ3n) is 4.91. The summed E-state index contributed by atoms with van der Waals surface area (Å²) in [5.41, 5.74) is 2.61. The van der Waals surface area contributed by atoms with E-state index in [1.54, 1.807) is 21.3 Å². The second-order valence-electron chi connectivity index (χ2n) is 6.72. The van der Waals surface area contributed by atoms with Gasteiger partial charge in [-0.1, -0.05) is 36.4 Å². The highest BCUT2D eigenvalue weighted by Crippen LogP contribution is 2.42. The first-order chi connectivity index (χ1) is 14.7. The molecule has 0 amide bonds. The Kier molecular flexibility index (Phi) is 6.18. The lowest BCUT2D eigenvalue weighted by Gasteiger charge is -2.36. The molecule has 3 aromatic rings. The van der Waals surface area contributed by atoms with Crippen LogP contribution in [0.3, 0.4) is 0 Å². The zero-order chi connectivity index (χ0) is 20.9. The summed E-state index contributed by atoms with van der Waals surface area (Å²) in [6.45, 7) is 0. The molecule has 0 aliphatic carbocycles. The van der Waals surface area contributed by atoms with E-state index in [-0.39, 0.29) is 0 Å². The van der Waals surface area contributed by atoms with Gasteiger partial charge in [0.05, 0.1) is 21.3 Å². The second kappa shape index (κ2) is 9.17. The summed E-state index contributed by atoms with van der Waals surface area (Å²) in [4.78, 5) is 0. The van der Waals surface area contributed by atoms with Gasteiger partial charge in [0.15, 0.2) is 18.9 Å². The van der Waals surface area contributed by atoms with Gasteiger partial charge in [-0.25, -0.2) is 0 Å². The third kappa shape index (κ3) is 4.41. The standard InChI is InChI=1S/C24H24O6/c1-25-19-10-4-16(5-11-19)22-28-23(17-6-12-20(26-2)13-7-17)30-24(29-22)18-8-14-21(27-3)15-9-18/h4-15,22-24H,1-3H3. The summed E-state index contributed by atoms with van der Waals surface area (Å²) in [5.74, 6) is 2.30. The Labute approximate surface area is 175 Å². The molecule has 1 saturated heterocycles. The van der Waals surface area contributed by atoms with Crippen molar-refractivity contribution in [1.82, 2.24) is 0 Å². The lowest BCUT2D eigenvalue weighted by Crippen LogP contribution is -2.27. The summed E-state index contributed by atoms with van der Waals surface area (Å²) in [6, 6.07) is 22.8. The molecule has 30 heavy (non-hydrogen) atoms. The van der Waals surface area contributed by atoms with Crippen LogP contribution in [0.2, 0.25) is 0 Å². The maximum atomic E-state index is 6.15. The molecule has 0 aromatic heterocycles. The first kappa shape index (κ1) is 20.2. The molecular formula is C24H24O6. The van der Waals surface area contributed by atoms with Crippen LogP contribution >= 0.6 is 0 Å². The molecule has 6 nitrogen and oxygen atoms in total. The first-order valence-electron chi connectivity index (χ1n) is 9.58. The average Bonchev–Trinajstić information content (AvgIpc) is 2.84. The van der Waals surface area contributed by atoms with E-state index >= 15 is 0 Å². The molecule has 1 aliphatic rings. The number of methoxy groups -OCH3 is 3. The number of hydrogen-bond donors (Lipinski definition) is 0. The fourth-order valence-corrected chi connectivity index (χ4v) is 3.19. The quantitative estimate of drug-likeness (QED) is 0.561. The van der Waals surface area contributed by atoms with Crippen molar-refractivity contribution >= 4 is 0 Å². The Hall–Kier alpha value is -3.06. The van der Waals surface area contributed by atoms with Crippen LogP contribution in [0, 0.1) is 0 Å². The Morgan fingerprint density at radius 2 is 0.667 bits per heavy atom. The van der Waals surface area contributed by atoms with Gasteiger partial charge < -0.3 is 28.4 Å². The SMILES string of the molecule is COc1ccc(C2OC(c3ccc(OC)cc3)OC(c3ccc(OC)cc3)O2)cc1. The minimum atomic E-state index is -0.608. The molecule has 0 spiro atoms. The van der Waals surface area contributed by atoms with Crippen molar-refractivity contribution in [1.29, 1.82) is 0 Å². The van der Waals surface area contributed by atoms with Crippen LogP contribution in [0.25, 0.3) is 0 Å². The molecule has 1 aliphatic heterocycles. The van der Waals surface area contributed by atoms with E-state index in [1.165, 1.54) is 0 Å². The highest BCUT2D eigenvalue weighted by Gasteiger charge is 2.33. The van der Waals surface area contributed by atoms with Crippen LogP contribution in [-0.2, 0) is 14.2 Å². The summed E-state index contributed by atoms with van der Waals surface area (Å²) < 4.78 is 34.2. The van der Waals surface area contributed by atoms with Crippen molar-refractivity contribution in [3.05, 3.63) is 89.5 Å². The van der Waals surface area contributed by atoms with E-state index in [9.17, 15) is 0 Å². The zero-order valence-corrected chi connectivity index (χ0v) is 17.1. The van der Waals surface area contributed by atoms with Gasteiger partial charge in [0.2, 0.25) is 0 Å². The van der Waals surface area contributed by atoms with Crippen LogP contribution in [0.15, 0.2) is 72.8 Å². The van der Waals surface area contributed by atoms with Gasteiger partial charge in [0.1, 0.15) is 17.2 Å². The summed E-state index contributed by atoms with van der Waals surface area (Å²) in [7, 11) is 4.90. The van der Waals surface area contributed by atoms with Crippen molar-refractivity contribution < 1.29 is 28.4 Å². The molecule has 3 aromatic carbocycles. The molecule has 1 heterocycles. The summed E-state index contributed by atoms with van der Waals surface area (Å²) >= 11 is 0. The molecular weight excluding hydrogens is 384 g/mol. The molecule has 156 valence electrons. The lowest BCUT2D eigenvalue weighted by atomic mass is 10.1. The highest BCUT2D eigenvalue weighted by atomic mass is 16.9.